The maximum absolute atomic E-state index is 12.4. The molecule has 0 unspecified atom stereocenters. The highest BCUT2D eigenvalue weighted by Gasteiger charge is 2.40. The molecule has 1 saturated heterocycles. The van der Waals surface area contributed by atoms with Crippen LogP contribution < -0.4 is 14.8 Å². The minimum atomic E-state index is -4.46. The molecule has 1 N–H and O–H groups in total. The van der Waals surface area contributed by atoms with Crippen molar-refractivity contribution >= 4 is 39.7 Å². The Morgan fingerprint density at radius 1 is 0.809 bits per heavy atom. The summed E-state index contributed by atoms with van der Waals surface area (Å²) in [7, 11) is -1.18. The fourth-order valence-corrected chi connectivity index (χ4v) is 8.38. The molecule has 0 bridgehead atoms. The first-order valence-corrected chi connectivity index (χ1v) is 24.7. The SMILES string of the molecule is COCCOCCOCC[N+](CCOCCOCCOC)=c1ccc2c(/C=C/C=C3/N(CCCCCC(=O)ON4C(=O)CCC4=O)c4ccc(S(=O)(=O)O)cc4C3(C)C)cc(C(C)(C)C)oc-2c1. The molecule has 1 aromatic carbocycles. The summed E-state index contributed by atoms with van der Waals surface area (Å²) in [4.78, 5) is 43.2. The molecule has 0 saturated carbocycles. The number of unbranched alkanes of at least 4 members (excludes halogenated alkanes) is 2. The molecule has 0 radical (unpaired) electrons. The van der Waals surface area contributed by atoms with Gasteiger partial charge in [-0.15, -0.1) is 5.06 Å². The number of imide groups is 1. The number of anilines is 1. The Kier molecular flexibility index (Phi) is 20.5. The lowest BCUT2D eigenvalue weighted by atomic mass is 9.83. The first-order valence-electron chi connectivity index (χ1n) is 23.3. The minimum absolute atomic E-state index is 0.0296. The summed E-state index contributed by atoms with van der Waals surface area (Å²) in [5, 5.41) is 1.51. The second-order valence-corrected chi connectivity index (χ2v) is 19.5. The van der Waals surface area contributed by atoms with Crippen molar-refractivity contribution in [1.82, 2.24) is 9.64 Å². The number of fused-ring (bicyclic) bond motifs is 2. The molecule has 0 aromatic heterocycles. The Morgan fingerprint density at radius 2 is 1.41 bits per heavy atom. The van der Waals surface area contributed by atoms with Gasteiger partial charge in [-0.05, 0) is 60.4 Å². The van der Waals surface area contributed by atoms with E-state index in [0.717, 1.165) is 39.2 Å². The normalized spacial score (nSPS) is 15.7. The van der Waals surface area contributed by atoms with E-state index in [9.17, 15) is 27.4 Å². The van der Waals surface area contributed by atoms with Crippen LogP contribution in [0.15, 0.2) is 69.6 Å². The number of hydrogen-bond donors (Lipinski definition) is 1. The predicted molar refractivity (Wildman–Crippen MR) is 255 cm³/mol. The lowest BCUT2D eigenvalue weighted by Crippen LogP contribution is -2.36. The molecule has 17 nitrogen and oxygen atoms in total. The molecule has 0 spiro atoms. The molecular weight excluding hydrogens is 899 g/mol. The van der Waals surface area contributed by atoms with Gasteiger partial charge in [-0.3, -0.25) is 14.1 Å². The van der Waals surface area contributed by atoms with Gasteiger partial charge in [-0.25, -0.2) is 9.37 Å². The smallest absolute Gasteiger partial charge is 0.333 e. The van der Waals surface area contributed by atoms with Crippen LogP contribution in [-0.4, -0.2) is 136 Å². The molecule has 1 aromatic rings. The zero-order valence-corrected chi connectivity index (χ0v) is 41.5. The van der Waals surface area contributed by atoms with Crippen molar-refractivity contribution in [2.24, 2.45) is 0 Å². The molecule has 1 aliphatic carbocycles. The Balaban J connectivity index is 1.40. The number of carbonyl (C=O) groups excluding carboxylic acids is 3. The largest absolute Gasteiger partial charge is 0.460 e. The number of amides is 2. The lowest BCUT2D eigenvalue weighted by Gasteiger charge is -2.27. The van der Waals surface area contributed by atoms with Gasteiger partial charge in [0.05, 0.1) is 63.8 Å². The second-order valence-electron chi connectivity index (χ2n) is 18.1. The number of nitrogens with zero attached hydrogens (tertiary/aromatic N) is 3. The van der Waals surface area contributed by atoms with Crippen molar-refractivity contribution in [2.45, 2.75) is 88.9 Å². The summed E-state index contributed by atoms with van der Waals surface area (Å²) in [6.07, 6.45) is 7.94. The van der Waals surface area contributed by atoms with Crippen LogP contribution in [-0.2, 0) is 68.6 Å². The maximum Gasteiger partial charge on any atom is 0.333 e. The quantitative estimate of drug-likeness (QED) is 0.0390. The number of hydrogen-bond acceptors (Lipinski definition) is 14. The van der Waals surface area contributed by atoms with Crippen molar-refractivity contribution in [3.8, 4) is 11.3 Å². The van der Waals surface area contributed by atoms with Gasteiger partial charge in [0.1, 0.15) is 24.7 Å². The van der Waals surface area contributed by atoms with Gasteiger partial charge < -0.3 is 42.6 Å². The van der Waals surface area contributed by atoms with E-state index in [2.05, 4.69) is 54.5 Å². The number of ether oxygens (including phenoxy) is 6. The maximum atomic E-state index is 12.4. The van der Waals surface area contributed by atoms with Crippen molar-refractivity contribution < 1.29 is 65.0 Å². The number of carbonyl (C=O) groups is 3. The average Bonchev–Trinajstić information content (AvgIpc) is 3.71. The third-order valence-corrected chi connectivity index (χ3v) is 12.5. The standard InChI is InChI=1S/C50H69N3O14S/c1-49(2,3)45-34-37(40-17-15-38(35-43(40)66-45)51(22-24-62-30-32-64-28-26-60-6)23-25-63-31-33-65-29-27-61-7)12-11-13-44-50(4,5)41-36-39(68(57,58)59)16-18-42(41)52(44)21-10-8-9-14-48(56)67-53-46(54)19-20-47(53)55/h11-13,15-18,34-36H,8-10,14,19-33H2,1-7H3/p+1. The highest BCUT2D eigenvalue weighted by molar-refractivity contribution is 7.85. The van der Waals surface area contributed by atoms with Crippen LogP contribution in [0.4, 0.5) is 5.69 Å². The molecule has 18 heteroatoms. The highest BCUT2D eigenvalue weighted by atomic mass is 32.2. The number of benzene rings is 2. The Hall–Kier alpha value is -4.79. The minimum Gasteiger partial charge on any atom is -0.460 e. The van der Waals surface area contributed by atoms with E-state index in [1.54, 1.807) is 20.3 Å². The first-order chi connectivity index (χ1) is 32.4. The van der Waals surface area contributed by atoms with Gasteiger partial charge in [0.25, 0.3) is 21.9 Å². The van der Waals surface area contributed by atoms with Crippen molar-refractivity contribution in [1.29, 1.82) is 0 Å². The third kappa shape index (κ3) is 15.4. The van der Waals surface area contributed by atoms with E-state index < -0.39 is 33.3 Å². The zero-order valence-electron chi connectivity index (χ0n) is 40.7. The molecule has 3 heterocycles. The number of allylic oxidation sites excluding steroid dienone is 3. The summed E-state index contributed by atoms with van der Waals surface area (Å²) in [5.74, 6) is -0.174. The van der Waals surface area contributed by atoms with Crippen molar-refractivity contribution in [2.75, 3.05) is 105 Å². The zero-order chi connectivity index (χ0) is 49.3. The van der Waals surface area contributed by atoms with Gasteiger partial charge >= 0.3 is 5.97 Å². The molecule has 4 aliphatic rings. The topological polar surface area (TPSA) is 193 Å². The third-order valence-electron chi connectivity index (χ3n) is 11.7. The van der Waals surface area contributed by atoms with Gasteiger partial charge in [0.2, 0.25) is 5.36 Å². The summed E-state index contributed by atoms with van der Waals surface area (Å²) in [6.45, 7) is 17.0. The van der Waals surface area contributed by atoms with Gasteiger partial charge in [0.15, 0.2) is 13.1 Å². The average molecular weight is 969 g/mol. The lowest BCUT2D eigenvalue weighted by molar-refractivity contribution is -0.197. The number of rotatable bonds is 28. The fourth-order valence-electron chi connectivity index (χ4n) is 7.87. The van der Waals surface area contributed by atoms with Crippen molar-refractivity contribution in [3.05, 3.63) is 82.6 Å². The second kappa shape index (κ2) is 25.7. The molecule has 0 atom stereocenters. The molecule has 68 heavy (non-hydrogen) atoms. The summed E-state index contributed by atoms with van der Waals surface area (Å²) in [5.41, 5.74) is 3.33. The number of methoxy groups -OCH3 is 2. The van der Waals surface area contributed by atoms with E-state index in [1.165, 1.54) is 12.1 Å². The highest BCUT2D eigenvalue weighted by Crippen LogP contribution is 2.48. The first kappa shape index (κ1) is 54.2. The van der Waals surface area contributed by atoms with Crippen LogP contribution in [0.25, 0.3) is 17.4 Å². The Bertz CT molecular complexity index is 2350. The van der Waals surface area contributed by atoms with Crippen LogP contribution in [0.2, 0.25) is 0 Å². The molecule has 1 fully saturated rings. The van der Waals surface area contributed by atoms with Gasteiger partial charge in [0, 0.05) is 73.9 Å². The number of hydroxylamine groups is 2. The van der Waals surface area contributed by atoms with E-state index in [0.29, 0.717) is 116 Å². The van der Waals surface area contributed by atoms with Crippen LogP contribution in [0.5, 0.6) is 0 Å². The molecule has 374 valence electrons. The van der Waals surface area contributed by atoms with Crippen LogP contribution in [0.1, 0.15) is 90.0 Å². The molecule has 5 rings (SSSR count). The Morgan fingerprint density at radius 3 is 2.00 bits per heavy atom. The van der Waals surface area contributed by atoms with Crippen LogP contribution >= 0.6 is 0 Å². The summed E-state index contributed by atoms with van der Waals surface area (Å²) in [6, 6.07) is 12.9. The van der Waals surface area contributed by atoms with Crippen LogP contribution in [0, 0.1) is 0 Å². The van der Waals surface area contributed by atoms with E-state index in [1.807, 2.05) is 32.1 Å². The predicted octanol–water partition coefficient (Wildman–Crippen LogP) is 5.92. The van der Waals surface area contributed by atoms with E-state index >= 15 is 0 Å². The monoisotopic (exact) mass is 968 g/mol. The Labute approximate surface area is 400 Å². The molecule has 2 amide bonds. The molecular formula is C50H70N3O14S+. The van der Waals surface area contributed by atoms with Crippen molar-refractivity contribution in [3.63, 3.8) is 0 Å². The van der Waals surface area contributed by atoms with Gasteiger partial charge in [-0.2, -0.15) is 8.42 Å². The van der Waals surface area contributed by atoms with E-state index in [4.69, 9.17) is 37.7 Å². The fraction of sp³-hybridized carbons (Fsp3) is 0.560. The van der Waals surface area contributed by atoms with Gasteiger partial charge in [-0.1, -0.05) is 53.2 Å². The van der Waals surface area contributed by atoms with Crippen LogP contribution in [0.3, 0.4) is 0 Å². The summed E-state index contributed by atoms with van der Waals surface area (Å²) >= 11 is 0. The molecule has 3 aliphatic heterocycles. The summed E-state index contributed by atoms with van der Waals surface area (Å²) < 4.78 is 76.4. The van der Waals surface area contributed by atoms with E-state index in [-0.39, 0.29) is 29.6 Å².